The van der Waals surface area contributed by atoms with Crippen molar-refractivity contribution >= 4 is 5.97 Å². The molecule has 3 nitrogen and oxygen atoms in total. The molecule has 0 atom stereocenters. The highest BCUT2D eigenvalue weighted by molar-refractivity contribution is 5.92. The van der Waals surface area contributed by atoms with Crippen LogP contribution in [0.15, 0.2) is 18.2 Å². The third-order valence-corrected chi connectivity index (χ3v) is 1.52. The number of rotatable bonds is 3. The van der Waals surface area contributed by atoms with Gasteiger partial charge in [-0.15, -0.1) is 0 Å². The van der Waals surface area contributed by atoms with Crippen molar-refractivity contribution in [3.05, 3.63) is 29.8 Å². The molecule has 0 aliphatic carbocycles. The summed E-state index contributed by atoms with van der Waals surface area (Å²) in [5.74, 6) is 0.0390. The van der Waals surface area contributed by atoms with Crippen molar-refractivity contribution in [2.24, 2.45) is 0 Å². The van der Waals surface area contributed by atoms with E-state index in [1.54, 1.807) is 25.1 Å². The first-order valence-electron chi connectivity index (χ1n) is 4.01. The Labute approximate surface area is 77.3 Å². The maximum absolute atomic E-state index is 11.3. The van der Waals surface area contributed by atoms with Crippen LogP contribution in [0.25, 0.3) is 0 Å². The smallest absolute Gasteiger partial charge is 0.341 e. The Morgan fingerprint density at radius 3 is 3.00 bits per heavy atom. The van der Waals surface area contributed by atoms with Gasteiger partial charge in [0.2, 0.25) is 0 Å². The second-order valence-electron chi connectivity index (χ2n) is 2.34. The van der Waals surface area contributed by atoms with E-state index in [4.69, 9.17) is 9.47 Å². The Balaban J connectivity index is 2.92. The Kier molecular flexibility index (Phi) is 3.31. The van der Waals surface area contributed by atoms with Crippen LogP contribution in [0.3, 0.4) is 0 Å². The fourth-order valence-corrected chi connectivity index (χ4v) is 0.960. The van der Waals surface area contributed by atoms with Crippen molar-refractivity contribution < 1.29 is 14.3 Å². The first kappa shape index (κ1) is 9.58. The molecule has 1 aromatic carbocycles. The molecular weight excluding hydrogens is 168 g/mol. The molecule has 0 bridgehead atoms. The van der Waals surface area contributed by atoms with Gasteiger partial charge in [0.25, 0.3) is 0 Å². The lowest BCUT2D eigenvalue weighted by Gasteiger charge is -2.05. The van der Waals surface area contributed by atoms with Gasteiger partial charge in [-0.25, -0.2) is 4.79 Å². The number of ether oxygens (including phenoxy) is 2. The molecule has 0 saturated heterocycles. The summed E-state index contributed by atoms with van der Waals surface area (Å²) in [5.41, 5.74) is 0.409. The molecule has 1 radical (unpaired) electrons. The molecule has 0 N–H and O–H groups in total. The van der Waals surface area contributed by atoms with E-state index in [1.807, 2.05) is 0 Å². The lowest BCUT2D eigenvalue weighted by molar-refractivity contribution is 0.0522. The summed E-state index contributed by atoms with van der Waals surface area (Å²) in [6.45, 7) is 2.12. The van der Waals surface area contributed by atoms with Crippen molar-refractivity contribution in [3.63, 3.8) is 0 Å². The van der Waals surface area contributed by atoms with Gasteiger partial charge in [0, 0.05) is 6.07 Å². The Bertz CT molecular complexity index is 294. The van der Waals surface area contributed by atoms with Crippen LogP contribution in [-0.4, -0.2) is 19.7 Å². The minimum absolute atomic E-state index is 0.358. The molecule has 0 aromatic heterocycles. The summed E-state index contributed by atoms with van der Waals surface area (Å²) < 4.78 is 9.79. The third-order valence-electron chi connectivity index (χ3n) is 1.52. The van der Waals surface area contributed by atoms with Gasteiger partial charge in [0.05, 0.1) is 13.7 Å². The lowest BCUT2D eigenvalue weighted by atomic mass is 10.2. The molecule has 69 valence electrons. The van der Waals surface area contributed by atoms with Crippen LogP contribution in [0.4, 0.5) is 0 Å². The van der Waals surface area contributed by atoms with E-state index in [2.05, 4.69) is 6.07 Å². The van der Waals surface area contributed by atoms with Crippen LogP contribution >= 0.6 is 0 Å². The second-order valence-corrected chi connectivity index (χ2v) is 2.34. The van der Waals surface area contributed by atoms with Gasteiger partial charge in [-0.05, 0) is 13.0 Å². The molecule has 1 aromatic rings. The number of methoxy groups -OCH3 is 1. The number of hydrogen-bond acceptors (Lipinski definition) is 3. The molecule has 1 rings (SSSR count). The molecule has 0 aliphatic rings. The van der Waals surface area contributed by atoms with Gasteiger partial charge in [-0.2, -0.15) is 0 Å². The molecular formula is C10H11O3. The average molecular weight is 179 g/mol. The number of hydrogen-bond donors (Lipinski definition) is 0. The Morgan fingerprint density at radius 1 is 1.62 bits per heavy atom. The average Bonchev–Trinajstić information content (AvgIpc) is 2.18. The maximum atomic E-state index is 11.3. The van der Waals surface area contributed by atoms with E-state index >= 15 is 0 Å². The second kappa shape index (κ2) is 4.50. The highest BCUT2D eigenvalue weighted by atomic mass is 16.5. The van der Waals surface area contributed by atoms with E-state index in [1.165, 1.54) is 7.11 Å². The van der Waals surface area contributed by atoms with Crippen LogP contribution in [-0.2, 0) is 4.74 Å². The molecule has 13 heavy (non-hydrogen) atoms. The van der Waals surface area contributed by atoms with E-state index in [-0.39, 0.29) is 5.97 Å². The highest BCUT2D eigenvalue weighted by Crippen LogP contribution is 2.17. The van der Waals surface area contributed by atoms with E-state index in [0.717, 1.165) is 0 Å². The number of para-hydroxylation sites is 1. The first-order chi connectivity index (χ1) is 6.29. The summed E-state index contributed by atoms with van der Waals surface area (Å²) in [7, 11) is 1.49. The summed E-state index contributed by atoms with van der Waals surface area (Å²) in [4.78, 5) is 11.3. The van der Waals surface area contributed by atoms with Crippen LogP contribution in [0.2, 0.25) is 0 Å². The van der Waals surface area contributed by atoms with Crippen molar-refractivity contribution in [1.82, 2.24) is 0 Å². The SMILES string of the molecule is CCOC(=O)c1ccc[c]c1OC. The molecule has 0 fully saturated rings. The summed E-state index contributed by atoms with van der Waals surface area (Å²) in [6.07, 6.45) is 0. The Hall–Kier alpha value is -1.51. The topological polar surface area (TPSA) is 35.5 Å². The number of carbonyl (C=O) groups excluding carboxylic acids is 1. The molecule has 0 heterocycles. The zero-order chi connectivity index (χ0) is 9.68. The molecule has 0 unspecified atom stereocenters. The van der Waals surface area contributed by atoms with E-state index in [0.29, 0.717) is 17.9 Å². The molecule has 0 amide bonds. The summed E-state index contributed by atoms with van der Waals surface area (Å²) >= 11 is 0. The van der Waals surface area contributed by atoms with Crippen molar-refractivity contribution in [2.75, 3.05) is 13.7 Å². The summed E-state index contributed by atoms with van der Waals surface area (Å²) in [6, 6.07) is 7.85. The van der Waals surface area contributed by atoms with Gasteiger partial charge >= 0.3 is 5.97 Å². The van der Waals surface area contributed by atoms with Crippen molar-refractivity contribution in [1.29, 1.82) is 0 Å². The Morgan fingerprint density at radius 2 is 2.38 bits per heavy atom. The minimum atomic E-state index is -0.379. The van der Waals surface area contributed by atoms with Gasteiger partial charge in [-0.3, -0.25) is 0 Å². The van der Waals surface area contributed by atoms with Crippen LogP contribution in [0.5, 0.6) is 5.75 Å². The number of esters is 1. The van der Waals surface area contributed by atoms with E-state index in [9.17, 15) is 4.79 Å². The van der Waals surface area contributed by atoms with Crippen LogP contribution in [0, 0.1) is 6.07 Å². The zero-order valence-corrected chi connectivity index (χ0v) is 7.66. The molecule has 3 heteroatoms. The molecule has 0 saturated carbocycles. The molecule has 0 spiro atoms. The first-order valence-corrected chi connectivity index (χ1v) is 4.01. The fourth-order valence-electron chi connectivity index (χ4n) is 0.960. The maximum Gasteiger partial charge on any atom is 0.341 e. The summed E-state index contributed by atoms with van der Waals surface area (Å²) in [5, 5.41) is 0. The minimum Gasteiger partial charge on any atom is -0.495 e. The van der Waals surface area contributed by atoms with E-state index < -0.39 is 0 Å². The third kappa shape index (κ3) is 2.21. The van der Waals surface area contributed by atoms with Crippen molar-refractivity contribution in [2.45, 2.75) is 6.92 Å². The molecule has 0 aliphatic heterocycles. The van der Waals surface area contributed by atoms with Gasteiger partial charge in [-0.1, -0.05) is 12.1 Å². The van der Waals surface area contributed by atoms with Crippen LogP contribution < -0.4 is 4.74 Å². The fraction of sp³-hybridized carbons (Fsp3) is 0.300. The number of carbonyl (C=O) groups is 1. The largest absolute Gasteiger partial charge is 0.495 e. The van der Waals surface area contributed by atoms with Gasteiger partial charge < -0.3 is 9.47 Å². The number of benzene rings is 1. The predicted molar refractivity (Wildman–Crippen MR) is 47.8 cm³/mol. The zero-order valence-electron chi connectivity index (χ0n) is 7.66. The van der Waals surface area contributed by atoms with Crippen LogP contribution in [0.1, 0.15) is 17.3 Å². The standard InChI is InChI=1S/C10H11O3/c1-3-13-10(11)8-6-4-5-7-9(8)12-2/h4-6H,3H2,1-2H3. The van der Waals surface area contributed by atoms with Crippen molar-refractivity contribution in [3.8, 4) is 5.75 Å². The monoisotopic (exact) mass is 179 g/mol. The lowest BCUT2D eigenvalue weighted by Crippen LogP contribution is -2.06. The van der Waals surface area contributed by atoms with Gasteiger partial charge in [0.15, 0.2) is 0 Å². The normalized spacial score (nSPS) is 9.38. The quantitative estimate of drug-likeness (QED) is 0.662. The predicted octanol–water partition coefficient (Wildman–Crippen LogP) is 1.67. The highest BCUT2D eigenvalue weighted by Gasteiger charge is 2.11. The van der Waals surface area contributed by atoms with Gasteiger partial charge in [0.1, 0.15) is 11.3 Å².